The maximum absolute atomic E-state index is 10.8. The third-order valence-corrected chi connectivity index (χ3v) is 3.92. The highest BCUT2D eigenvalue weighted by atomic mass is 16.5. The summed E-state index contributed by atoms with van der Waals surface area (Å²) >= 11 is 0. The number of ether oxygens (including phenoxy) is 2. The molecule has 0 aliphatic heterocycles. The number of carboxylic acids is 1. The Bertz CT molecular complexity index is 914. The van der Waals surface area contributed by atoms with Crippen molar-refractivity contribution in [3.05, 3.63) is 89.5 Å². The van der Waals surface area contributed by atoms with E-state index < -0.39 is 5.97 Å². The first kappa shape index (κ1) is 18.2. The van der Waals surface area contributed by atoms with Gasteiger partial charge >= 0.3 is 5.97 Å². The zero-order valence-corrected chi connectivity index (χ0v) is 14.8. The lowest BCUT2D eigenvalue weighted by atomic mass is 10.1. The predicted octanol–water partition coefficient (Wildman–Crippen LogP) is 4.72. The Morgan fingerprint density at radius 1 is 0.926 bits per heavy atom. The first-order chi connectivity index (χ1) is 13.1. The number of nitrogens with zero attached hydrogens (tertiary/aromatic N) is 1. The van der Waals surface area contributed by atoms with Gasteiger partial charge in [-0.1, -0.05) is 12.1 Å². The summed E-state index contributed by atoms with van der Waals surface area (Å²) in [5.74, 6) is 0.598. The van der Waals surface area contributed by atoms with E-state index in [1.807, 2.05) is 48.5 Å². The Hall–Kier alpha value is -3.60. The Labute approximate surface area is 157 Å². The van der Waals surface area contributed by atoms with Crippen LogP contribution in [0, 0.1) is 0 Å². The van der Waals surface area contributed by atoms with Crippen LogP contribution in [-0.2, 0) is 6.61 Å². The van der Waals surface area contributed by atoms with Crippen molar-refractivity contribution >= 4 is 17.9 Å². The van der Waals surface area contributed by atoms with Gasteiger partial charge in [0.15, 0.2) is 0 Å². The zero-order chi connectivity index (χ0) is 19.1. The molecule has 5 nitrogen and oxygen atoms in total. The Morgan fingerprint density at radius 3 is 2.15 bits per heavy atom. The molecular weight excluding hydrogens is 342 g/mol. The normalized spacial score (nSPS) is 10.7. The van der Waals surface area contributed by atoms with Gasteiger partial charge in [-0.2, -0.15) is 0 Å². The van der Waals surface area contributed by atoms with Gasteiger partial charge in [-0.15, -0.1) is 0 Å². The van der Waals surface area contributed by atoms with Gasteiger partial charge in [0.25, 0.3) is 0 Å². The van der Waals surface area contributed by atoms with Gasteiger partial charge in [0.05, 0.1) is 18.4 Å². The number of rotatable bonds is 7. The highest BCUT2D eigenvalue weighted by Crippen LogP contribution is 2.18. The number of benzene rings is 3. The predicted molar refractivity (Wildman–Crippen MR) is 104 cm³/mol. The molecule has 0 radical (unpaired) electrons. The molecule has 0 saturated heterocycles. The van der Waals surface area contributed by atoms with Gasteiger partial charge in [0.2, 0.25) is 0 Å². The average molecular weight is 361 g/mol. The molecule has 0 amide bonds. The summed E-state index contributed by atoms with van der Waals surface area (Å²) in [5.41, 5.74) is 2.98. The van der Waals surface area contributed by atoms with E-state index in [9.17, 15) is 4.79 Å². The summed E-state index contributed by atoms with van der Waals surface area (Å²) in [6, 6.07) is 21.8. The van der Waals surface area contributed by atoms with E-state index >= 15 is 0 Å². The van der Waals surface area contributed by atoms with Crippen molar-refractivity contribution < 1.29 is 19.4 Å². The van der Waals surface area contributed by atoms with Gasteiger partial charge in [-0.3, -0.25) is 4.99 Å². The van der Waals surface area contributed by atoms with E-state index in [0.717, 1.165) is 28.3 Å². The molecule has 0 aromatic heterocycles. The zero-order valence-electron chi connectivity index (χ0n) is 14.8. The fourth-order valence-electron chi connectivity index (χ4n) is 2.38. The smallest absolute Gasteiger partial charge is 0.335 e. The van der Waals surface area contributed by atoms with Gasteiger partial charge in [0, 0.05) is 6.21 Å². The highest BCUT2D eigenvalue weighted by molar-refractivity contribution is 5.87. The van der Waals surface area contributed by atoms with Crippen LogP contribution in [-0.4, -0.2) is 24.4 Å². The second-order valence-corrected chi connectivity index (χ2v) is 5.82. The SMILES string of the molecule is COc1ccc(N=Cc2ccc(OCc3ccc(C(=O)O)cc3)cc2)cc1. The molecule has 27 heavy (non-hydrogen) atoms. The third kappa shape index (κ3) is 5.19. The minimum atomic E-state index is -0.936. The van der Waals surface area contributed by atoms with Crippen LogP contribution in [0.4, 0.5) is 5.69 Å². The quantitative estimate of drug-likeness (QED) is 0.618. The van der Waals surface area contributed by atoms with Crippen LogP contribution in [0.15, 0.2) is 77.8 Å². The van der Waals surface area contributed by atoms with Gasteiger partial charge in [-0.25, -0.2) is 4.79 Å². The molecule has 0 unspecified atom stereocenters. The van der Waals surface area contributed by atoms with Crippen molar-refractivity contribution in [3.63, 3.8) is 0 Å². The van der Waals surface area contributed by atoms with Crippen LogP contribution < -0.4 is 9.47 Å². The number of hydrogen-bond acceptors (Lipinski definition) is 4. The molecule has 3 rings (SSSR count). The molecule has 3 aromatic carbocycles. The first-order valence-electron chi connectivity index (χ1n) is 8.37. The summed E-state index contributed by atoms with van der Waals surface area (Å²) in [7, 11) is 1.63. The van der Waals surface area contributed by atoms with Crippen LogP contribution >= 0.6 is 0 Å². The van der Waals surface area contributed by atoms with E-state index in [-0.39, 0.29) is 5.56 Å². The first-order valence-corrected chi connectivity index (χ1v) is 8.37. The lowest BCUT2D eigenvalue weighted by Gasteiger charge is -2.07. The molecule has 0 bridgehead atoms. The number of methoxy groups -OCH3 is 1. The fraction of sp³-hybridized carbons (Fsp3) is 0.0909. The van der Waals surface area contributed by atoms with Gasteiger partial charge < -0.3 is 14.6 Å². The minimum Gasteiger partial charge on any atom is -0.497 e. The molecule has 5 heteroatoms. The standard InChI is InChI=1S/C22H19NO4/c1-26-20-12-8-19(9-13-20)23-14-16-4-10-21(11-5-16)27-15-17-2-6-18(7-3-17)22(24)25/h2-14H,15H2,1H3,(H,24,25). The van der Waals surface area contributed by atoms with Crippen LogP contribution in [0.1, 0.15) is 21.5 Å². The summed E-state index contributed by atoms with van der Waals surface area (Å²) in [5, 5.41) is 8.90. The summed E-state index contributed by atoms with van der Waals surface area (Å²) < 4.78 is 10.9. The lowest BCUT2D eigenvalue weighted by Crippen LogP contribution is -1.99. The molecule has 0 saturated carbocycles. The maximum Gasteiger partial charge on any atom is 0.335 e. The Balaban J connectivity index is 1.56. The molecule has 0 atom stereocenters. The largest absolute Gasteiger partial charge is 0.497 e. The van der Waals surface area contributed by atoms with E-state index in [0.29, 0.717) is 6.61 Å². The maximum atomic E-state index is 10.8. The van der Waals surface area contributed by atoms with Gasteiger partial charge in [-0.05, 0) is 71.8 Å². The molecule has 0 aliphatic rings. The molecule has 136 valence electrons. The van der Waals surface area contributed by atoms with Crippen molar-refractivity contribution in [2.45, 2.75) is 6.61 Å². The molecular formula is C22H19NO4. The second kappa shape index (κ2) is 8.67. The van der Waals surface area contributed by atoms with E-state index in [1.54, 1.807) is 37.6 Å². The fourth-order valence-corrected chi connectivity index (χ4v) is 2.38. The Morgan fingerprint density at radius 2 is 1.56 bits per heavy atom. The molecule has 0 spiro atoms. The summed E-state index contributed by atoms with van der Waals surface area (Å²) in [6.45, 7) is 0.374. The number of aromatic carboxylic acids is 1. The van der Waals surface area contributed by atoms with Crippen LogP contribution in [0.5, 0.6) is 11.5 Å². The van der Waals surface area contributed by atoms with E-state index in [4.69, 9.17) is 14.6 Å². The highest BCUT2D eigenvalue weighted by Gasteiger charge is 2.02. The minimum absolute atomic E-state index is 0.263. The molecule has 1 N–H and O–H groups in total. The third-order valence-electron chi connectivity index (χ3n) is 3.92. The molecule has 0 aliphatic carbocycles. The van der Waals surface area contributed by atoms with Crippen molar-refractivity contribution in [1.82, 2.24) is 0 Å². The number of carboxylic acid groups (broad SMARTS) is 1. The van der Waals surface area contributed by atoms with E-state index in [1.165, 1.54) is 0 Å². The molecule has 3 aromatic rings. The number of carbonyl (C=O) groups is 1. The van der Waals surface area contributed by atoms with Crippen LogP contribution in [0.25, 0.3) is 0 Å². The number of hydrogen-bond donors (Lipinski definition) is 1. The monoisotopic (exact) mass is 361 g/mol. The second-order valence-electron chi connectivity index (χ2n) is 5.82. The van der Waals surface area contributed by atoms with Crippen LogP contribution in [0.2, 0.25) is 0 Å². The topological polar surface area (TPSA) is 68.1 Å². The van der Waals surface area contributed by atoms with Gasteiger partial charge in [0.1, 0.15) is 18.1 Å². The summed E-state index contributed by atoms with van der Waals surface area (Å²) in [4.78, 5) is 15.3. The lowest BCUT2D eigenvalue weighted by molar-refractivity contribution is 0.0697. The summed E-state index contributed by atoms with van der Waals surface area (Å²) in [6.07, 6.45) is 1.79. The van der Waals surface area contributed by atoms with Crippen molar-refractivity contribution in [3.8, 4) is 11.5 Å². The van der Waals surface area contributed by atoms with Crippen molar-refractivity contribution in [1.29, 1.82) is 0 Å². The van der Waals surface area contributed by atoms with Crippen molar-refractivity contribution in [2.24, 2.45) is 4.99 Å². The average Bonchev–Trinajstić information content (AvgIpc) is 2.72. The number of aliphatic imine (C=N–C) groups is 1. The Kier molecular flexibility index (Phi) is 5.84. The van der Waals surface area contributed by atoms with Crippen LogP contribution in [0.3, 0.4) is 0 Å². The molecule has 0 heterocycles. The van der Waals surface area contributed by atoms with Crippen molar-refractivity contribution in [2.75, 3.05) is 7.11 Å². The molecule has 0 fully saturated rings. The van der Waals surface area contributed by atoms with E-state index in [2.05, 4.69) is 4.99 Å².